The van der Waals surface area contributed by atoms with Crippen LogP contribution in [-0.2, 0) is 0 Å². The Morgan fingerprint density at radius 2 is 1.75 bits per heavy atom. The van der Waals surface area contributed by atoms with E-state index in [9.17, 15) is 0 Å². The quantitative estimate of drug-likeness (QED) is 0.677. The lowest BCUT2D eigenvalue weighted by Gasteiger charge is -2.01. The minimum Gasteiger partial charge on any atom is -0.397 e. The molecule has 0 fully saturated rings. The van der Waals surface area contributed by atoms with Crippen molar-refractivity contribution in [1.82, 2.24) is 4.98 Å². The van der Waals surface area contributed by atoms with Crippen molar-refractivity contribution in [2.45, 2.75) is 27.7 Å². The highest BCUT2D eigenvalue weighted by molar-refractivity contribution is 6.31. The molecule has 68 valence electrons. The van der Waals surface area contributed by atoms with Crippen molar-refractivity contribution in [1.29, 1.82) is 0 Å². The van der Waals surface area contributed by atoms with E-state index in [4.69, 9.17) is 17.3 Å². The van der Waals surface area contributed by atoms with Crippen LogP contribution in [0.15, 0.2) is 6.07 Å². The maximum atomic E-state index is 5.74. The van der Waals surface area contributed by atoms with Crippen LogP contribution >= 0.6 is 11.6 Å². The number of rotatable bonds is 0. The van der Waals surface area contributed by atoms with Gasteiger partial charge in [0, 0.05) is 0 Å². The molecule has 12 heavy (non-hydrogen) atoms. The summed E-state index contributed by atoms with van der Waals surface area (Å²) in [6, 6.07) is 1.72. The van der Waals surface area contributed by atoms with E-state index in [0.29, 0.717) is 10.7 Å². The second-order valence-corrected chi connectivity index (χ2v) is 2.64. The summed E-state index contributed by atoms with van der Waals surface area (Å²) >= 11 is 5.74. The lowest BCUT2D eigenvalue weighted by Crippen LogP contribution is -1.94. The van der Waals surface area contributed by atoms with E-state index in [2.05, 4.69) is 4.98 Å². The first-order chi connectivity index (χ1) is 5.61. The lowest BCUT2D eigenvalue weighted by molar-refractivity contribution is 1.13. The summed E-state index contributed by atoms with van der Waals surface area (Å²) in [6.45, 7) is 7.72. The molecule has 3 heteroatoms. The number of aromatic nitrogens is 1. The van der Waals surface area contributed by atoms with Gasteiger partial charge in [0.15, 0.2) is 0 Å². The van der Waals surface area contributed by atoms with Gasteiger partial charge in [-0.1, -0.05) is 25.4 Å². The van der Waals surface area contributed by atoms with Crippen LogP contribution in [0.5, 0.6) is 0 Å². The Morgan fingerprint density at radius 1 is 1.25 bits per heavy atom. The van der Waals surface area contributed by atoms with Gasteiger partial charge in [0.1, 0.15) is 0 Å². The molecule has 1 aromatic rings. The van der Waals surface area contributed by atoms with Gasteiger partial charge >= 0.3 is 0 Å². The second kappa shape index (κ2) is 4.99. The highest BCUT2D eigenvalue weighted by atomic mass is 35.5. The Kier molecular flexibility index (Phi) is 4.67. The smallest absolute Gasteiger partial charge is 0.0639 e. The fourth-order valence-electron chi connectivity index (χ4n) is 0.715. The maximum Gasteiger partial charge on any atom is 0.0639 e. The van der Waals surface area contributed by atoms with Crippen LogP contribution in [-0.4, -0.2) is 4.98 Å². The van der Waals surface area contributed by atoms with Crippen molar-refractivity contribution in [3.05, 3.63) is 22.5 Å². The highest BCUT2D eigenvalue weighted by Crippen LogP contribution is 2.18. The Hall–Kier alpha value is -0.760. The molecule has 1 rings (SSSR count). The summed E-state index contributed by atoms with van der Waals surface area (Å²) in [5, 5.41) is 0.628. The van der Waals surface area contributed by atoms with E-state index in [1.807, 2.05) is 27.7 Å². The Morgan fingerprint density at radius 3 is 2.17 bits per heavy atom. The van der Waals surface area contributed by atoms with E-state index in [1.165, 1.54) is 0 Å². The average molecular weight is 187 g/mol. The van der Waals surface area contributed by atoms with Gasteiger partial charge < -0.3 is 5.73 Å². The summed E-state index contributed by atoms with van der Waals surface area (Å²) in [5.74, 6) is 0. The fourth-order valence-corrected chi connectivity index (χ4v) is 0.875. The van der Waals surface area contributed by atoms with Gasteiger partial charge in [-0.05, 0) is 19.9 Å². The zero-order valence-electron chi connectivity index (χ0n) is 7.98. The third kappa shape index (κ3) is 2.70. The third-order valence-electron chi connectivity index (χ3n) is 1.38. The van der Waals surface area contributed by atoms with E-state index >= 15 is 0 Å². The first-order valence-electron chi connectivity index (χ1n) is 4.00. The summed E-state index contributed by atoms with van der Waals surface area (Å²) in [4.78, 5) is 4.12. The van der Waals surface area contributed by atoms with Gasteiger partial charge in [-0.25, -0.2) is 0 Å². The largest absolute Gasteiger partial charge is 0.397 e. The summed E-state index contributed by atoms with van der Waals surface area (Å²) in [6.07, 6.45) is 0. The molecule has 1 heterocycles. The van der Waals surface area contributed by atoms with E-state index in [0.717, 1.165) is 11.4 Å². The van der Waals surface area contributed by atoms with Crippen molar-refractivity contribution in [3.63, 3.8) is 0 Å². The standard InChI is InChI=1S/C7H9ClN2.C2H6/c1-4-6(8)3-7(9)5(2)10-4;1-2/h3H,9H2,1-2H3;1-2H3. The van der Waals surface area contributed by atoms with E-state index in [1.54, 1.807) is 6.07 Å². The van der Waals surface area contributed by atoms with Crippen LogP contribution in [0, 0.1) is 13.8 Å². The normalized spacial score (nSPS) is 8.75. The molecule has 0 radical (unpaired) electrons. The third-order valence-corrected chi connectivity index (χ3v) is 1.76. The van der Waals surface area contributed by atoms with Crippen LogP contribution in [0.1, 0.15) is 25.2 Å². The van der Waals surface area contributed by atoms with Crippen molar-refractivity contribution >= 4 is 17.3 Å². The zero-order chi connectivity index (χ0) is 9.72. The molecule has 0 atom stereocenters. The first-order valence-corrected chi connectivity index (χ1v) is 4.38. The van der Waals surface area contributed by atoms with Crippen LogP contribution in [0.4, 0.5) is 5.69 Å². The molecule has 1 aromatic heterocycles. The van der Waals surface area contributed by atoms with Gasteiger partial charge in [0.2, 0.25) is 0 Å². The predicted molar refractivity (Wildman–Crippen MR) is 54.5 cm³/mol. The van der Waals surface area contributed by atoms with E-state index < -0.39 is 0 Å². The topological polar surface area (TPSA) is 38.9 Å². The van der Waals surface area contributed by atoms with Crippen LogP contribution in [0.2, 0.25) is 5.02 Å². The number of pyridine rings is 1. The molecule has 0 saturated heterocycles. The van der Waals surface area contributed by atoms with E-state index in [-0.39, 0.29) is 0 Å². The first kappa shape index (κ1) is 11.2. The molecule has 0 bridgehead atoms. The summed E-state index contributed by atoms with van der Waals surface area (Å²) in [7, 11) is 0. The van der Waals surface area contributed by atoms with Crippen LogP contribution < -0.4 is 5.73 Å². The summed E-state index contributed by atoms with van der Waals surface area (Å²) < 4.78 is 0. The number of anilines is 1. The number of hydrogen-bond acceptors (Lipinski definition) is 2. The van der Waals surface area contributed by atoms with Crippen molar-refractivity contribution in [3.8, 4) is 0 Å². The minimum atomic E-state index is 0.628. The van der Waals surface area contributed by atoms with Gasteiger partial charge in [-0.3, -0.25) is 4.98 Å². The predicted octanol–water partition coefficient (Wildman–Crippen LogP) is 2.96. The fraction of sp³-hybridized carbons (Fsp3) is 0.444. The highest BCUT2D eigenvalue weighted by Gasteiger charge is 1.99. The molecule has 0 unspecified atom stereocenters. The minimum absolute atomic E-state index is 0.628. The number of aryl methyl sites for hydroxylation is 2. The van der Waals surface area contributed by atoms with Gasteiger partial charge in [-0.15, -0.1) is 0 Å². The Bertz CT molecular complexity index is 209. The van der Waals surface area contributed by atoms with Crippen LogP contribution in [0.3, 0.4) is 0 Å². The van der Waals surface area contributed by atoms with Gasteiger partial charge in [0.05, 0.1) is 22.1 Å². The molecule has 2 N–H and O–H groups in total. The van der Waals surface area contributed by atoms with Crippen molar-refractivity contribution < 1.29 is 0 Å². The number of hydrogen-bond donors (Lipinski definition) is 1. The molecule has 0 aliphatic heterocycles. The molecule has 0 spiro atoms. The maximum absolute atomic E-state index is 5.74. The molecule has 0 amide bonds. The number of nitrogens with two attached hydrogens (primary N) is 1. The number of halogens is 1. The average Bonchev–Trinajstić information content (AvgIpc) is 2.05. The number of nitrogen functional groups attached to an aromatic ring is 1. The molecule has 0 aliphatic carbocycles. The Labute approximate surface area is 78.8 Å². The molecule has 0 aromatic carbocycles. The molecule has 2 nitrogen and oxygen atoms in total. The van der Waals surface area contributed by atoms with Crippen molar-refractivity contribution in [2.24, 2.45) is 0 Å². The lowest BCUT2D eigenvalue weighted by atomic mass is 10.3. The zero-order valence-corrected chi connectivity index (χ0v) is 8.74. The molecule has 0 aliphatic rings. The molecular formula is C9H15ClN2. The molecule has 0 saturated carbocycles. The van der Waals surface area contributed by atoms with Gasteiger partial charge in [0.25, 0.3) is 0 Å². The van der Waals surface area contributed by atoms with Crippen LogP contribution in [0.25, 0.3) is 0 Å². The SMILES string of the molecule is CC.Cc1nc(C)c(Cl)cc1N. The van der Waals surface area contributed by atoms with Crippen molar-refractivity contribution in [2.75, 3.05) is 5.73 Å². The summed E-state index contributed by atoms with van der Waals surface area (Å²) in [5.41, 5.74) is 7.85. The Balaban J connectivity index is 0.000000561. The number of nitrogens with zero attached hydrogens (tertiary/aromatic N) is 1. The monoisotopic (exact) mass is 186 g/mol. The molecular weight excluding hydrogens is 172 g/mol. The second-order valence-electron chi connectivity index (χ2n) is 2.23. The van der Waals surface area contributed by atoms with Gasteiger partial charge in [-0.2, -0.15) is 0 Å².